The Morgan fingerprint density at radius 3 is 1.94 bits per heavy atom. The van der Waals surface area contributed by atoms with Crippen molar-refractivity contribution in [3.8, 4) is 0 Å². The van der Waals surface area contributed by atoms with E-state index in [4.69, 9.17) is 4.74 Å². The zero-order valence-electron chi connectivity index (χ0n) is 11.1. The second kappa shape index (κ2) is 7.08. The molecule has 1 saturated heterocycles. The number of rotatable bonds is 0. The number of hydrogen-bond donors (Lipinski definition) is 0. The van der Waals surface area contributed by atoms with E-state index >= 15 is 0 Å². The molecule has 1 unspecified atom stereocenters. The predicted octanol–water partition coefficient (Wildman–Crippen LogP) is 2.36. The summed E-state index contributed by atoms with van der Waals surface area (Å²) in [6.07, 6.45) is -0.199. The fraction of sp³-hybridized carbons (Fsp3) is 0.909. The Morgan fingerprint density at radius 1 is 1.12 bits per heavy atom. The second-order valence-corrected chi connectivity index (χ2v) is 5.23. The number of carbonyl (C=O) groups excluding carboxylic acids is 1. The molecule has 0 bridgehead atoms. The van der Waals surface area contributed by atoms with Gasteiger partial charge in [0.1, 0.15) is 5.60 Å². The Hall–Kier alpha value is -0.340. The molecule has 0 aromatic carbocycles. The van der Waals surface area contributed by atoms with E-state index in [1.54, 1.807) is 4.90 Å². The SMILES string of the molecule is CC.CC(C)(C)OC(=O)N1CCN(P)CC1. The molecule has 0 aromatic heterocycles. The highest BCUT2D eigenvalue weighted by Gasteiger charge is 2.24. The van der Waals surface area contributed by atoms with Crippen LogP contribution in [0.15, 0.2) is 0 Å². The summed E-state index contributed by atoms with van der Waals surface area (Å²) in [6, 6.07) is 0. The molecule has 96 valence electrons. The van der Waals surface area contributed by atoms with Crippen LogP contribution in [0.25, 0.3) is 0 Å². The lowest BCUT2D eigenvalue weighted by Crippen LogP contribution is -2.47. The highest BCUT2D eigenvalue weighted by molar-refractivity contribution is 7.13. The maximum Gasteiger partial charge on any atom is 0.410 e. The maximum atomic E-state index is 11.6. The fourth-order valence-electron chi connectivity index (χ4n) is 1.23. The zero-order chi connectivity index (χ0) is 12.8. The average Bonchev–Trinajstić information content (AvgIpc) is 2.19. The van der Waals surface area contributed by atoms with Crippen LogP contribution in [0.1, 0.15) is 34.6 Å². The van der Waals surface area contributed by atoms with E-state index in [0.29, 0.717) is 0 Å². The summed E-state index contributed by atoms with van der Waals surface area (Å²) >= 11 is 0. The van der Waals surface area contributed by atoms with E-state index in [0.717, 1.165) is 26.2 Å². The summed E-state index contributed by atoms with van der Waals surface area (Å²) in [4.78, 5) is 13.4. The lowest BCUT2D eigenvalue weighted by molar-refractivity contribution is 0.0197. The Labute approximate surface area is 102 Å². The van der Waals surface area contributed by atoms with Gasteiger partial charge in [0.2, 0.25) is 0 Å². The van der Waals surface area contributed by atoms with Gasteiger partial charge >= 0.3 is 6.09 Å². The van der Waals surface area contributed by atoms with Crippen molar-refractivity contribution in [2.24, 2.45) is 0 Å². The molecule has 0 radical (unpaired) electrons. The van der Waals surface area contributed by atoms with Gasteiger partial charge < -0.3 is 9.64 Å². The van der Waals surface area contributed by atoms with Gasteiger partial charge in [-0.05, 0) is 20.8 Å². The molecule has 1 aliphatic rings. The van der Waals surface area contributed by atoms with Crippen molar-refractivity contribution in [1.82, 2.24) is 9.57 Å². The van der Waals surface area contributed by atoms with Crippen molar-refractivity contribution in [3.63, 3.8) is 0 Å². The van der Waals surface area contributed by atoms with Crippen LogP contribution in [-0.2, 0) is 4.74 Å². The molecule has 1 fully saturated rings. The monoisotopic (exact) mass is 248 g/mol. The van der Waals surface area contributed by atoms with Gasteiger partial charge in [0.25, 0.3) is 0 Å². The van der Waals surface area contributed by atoms with Crippen LogP contribution in [0, 0.1) is 0 Å². The third-order valence-corrected chi connectivity index (χ3v) is 2.48. The number of ether oxygens (including phenoxy) is 1. The number of hydrogen-bond acceptors (Lipinski definition) is 3. The van der Waals surface area contributed by atoms with Gasteiger partial charge in [-0.2, -0.15) is 0 Å². The normalized spacial score (nSPS) is 17.5. The standard InChI is InChI=1S/C9H19N2O2P.C2H6/c1-9(2,3)13-8(12)10-4-6-11(14)7-5-10;1-2/h4-7,14H2,1-3H3;1-2H3. The molecule has 0 spiro atoms. The van der Waals surface area contributed by atoms with E-state index in [9.17, 15) is 4.79 Å². The number of carbonyl (C=O) groups is 1. The largest absolute Gasteiger partial charge is 0.444 e. The summed E-state index contributed by atoms with van der Waals surface area (Å²) in [6.45, 7) is 12.9. The molecule has 1 amide bonds. The van der Waals surface area contributed by atoms with Gasteiger partial charge in [-0.3, -0.25) is 4.67 Å². The first-order chi connectivity index (χ1) is 7.38. The first-order valence-electron chi connectivity index (χ1n) is 5.86. The van der Waals surface area contributed by atoms with Crippen LogP contribution in [-0.4, -0.2) is 47.4 Å². The van der Waals surface area contributed by atoms with E-state index in [1.165, 1.54) is 0 Å². The first-order valence-corrected chi connectivity index (χ1v) is 6.38. The summed E-state index contributed by atoms with van der Waals surface area (Å²) < 4.78 is 7.40. The van der Waals surface area contributed by atoms with Crippen molar-refractivity contribution in [2.75, 3.05) is 26.2 Å². The maximum absolute atomic E-state index is 11.6. The molecule has 0 saturated carbocycles. The number of nitrogens with zero attached hydrogens (tertiary/aromatic N) is 2. The predicted molar refractivity (Wildman–Crippen MR) is 70.4 cm³/mol. The quantitative estimate of drug-likeness (QED) is 0.617. The number of piperazine rings is 1. The minimum absolute atomic E-state index is 0.199. The molecular formula is C11H25N2O2P. The Kier molecular flexibility index (Phi) is 6.93. The average molecular weight is 248 g/mol. The smallest absolute Gasteiger partial charge is 0.410 e. The number of amides is 1. The molecule has 1 rings (SSSR count). The van der Waals surface area contributed by atoms with E-state index in [-0.39, 0.29) is 6.09 Å². The summed E-state index contributed by atoms with van der Waals surface area (Å²) in [5.41, 5.74) is -0.394. The minimum atomic E-state index is -0.394. The molecule has 0 N–H and O–H groups in total. The minimum Gasteiger partial charge on any atom is -0.444 e. The molecule has 1 atom stereocenters. The Balaban J connectivity index is 0.00000106. The topological polar surface area (TPSA) is 32.8 Å². The molecule has 0 aliphatic carbocycles. The lowest BCUT2D eigenvalue weighted by Gasteiger charge is -2.33. The van der Waals surface area contributed by atoms with Gasteiger partial charge in [0.15, 0.2) is 0 Å². The first kappa shape index (κ1) is 15.7. The van der Waals surface area contributed by atoms with Crippen LogP contribution in [0.2, 0.25) is 0 Å². The zero-order valence-corrected chi connectivity index (χ0v) is 12.3. The molecule has 16 heavy (non-hydrogen) atoms. The van der Waals surface area contributed by atoms with Crippen LogP contribution in [0.4, 0.5) is 4.79 Å². The van der Waals surface area contributed by atoms with E-state index < -0.39 is 5.60 Å². The highest BCUT2D eigenvalue weighted by Crippen LogP contribution is 2.12. The van der Waals surface area contributed by atoms with Gasteiger partial charge in [-0.1, -0.05) is 23.2 Å². The van der Waals surface area contributed by atoms with Gasteiger partial charge in [-0.15, -0.1) is 0 Å². The third-order valence-electron chi connectivity index (χ3n) is 1.97. The van der Waals surface area contributed by atoms with Crippen LogP contribution in [0.3, 0.4) is 0 Å². The fourth-order valence-corrected chi connectivity index (χ4v) is 1.46. The summed E-state index contributed by atoms with van der Waals surface area (Å²) in [7, 11) is 2.65. The van der Waals surface area contributed by atoms with Gasteiger partial charge in [0, 0.05) is 26.2 Å². The van der Waals surface area contributed by atoms with Gasteiger partial charge in [0.05, 0.1) is 0 Å². The lowest BCUT2D eigenvalue weighted by atomic mass is 10.2. The van der Waals surface area contributed by atoms with Crippen LogP contribution >= 0.6 is 9.39 Å². The van der Waals surface area contributed by atoms with Crippen molar-refractivity contribution in [2.45, 2.75) is 40.2 Å². The molecular weight excluding hydrogens is 223 g/mol. The Morgan fingerprint density at radius 2 is 1.56 bits per heavy atom. The third kappa shape index (κ3) is 6.29. The van der Waals surface area contributed by atoms with Crippen molar-refractivity contribution in [3.05, 3.63) is 0 Å². The van der Waals surface area contributed by atoms with Crippen LogP contribution < -0.4 is 0 Å². The molecule has 5 heteroatoms. The molecule has 0 aromatic rings. The van der Waals surface area contributed by atoms with Crippen molar-refractivity contribution >= 4 is 15.5 Å². The molecule has 1 aliphatic heterocycles. The van der Waals surface area contributed by atoms with Crippen molar-refractivity contribution in [1.29, 1.82) is 0 Å². The van der Waals surface area contributed by atoms with E-state index in [2.05, 4.69) is 14.1 Å². The molecule has 4 nitrogen and oxygen atoms in total. The van der Waals surface area contributed by atoms with Crippen LogP contribution in [0.5, 0.6) is 0 Å². The van der Waals surface area contributed by atoms with Crippen molar-refractivity contribution < 1.29 is 9.53 Å². The second-order valence-electron chi connectivity index (χ2n) is 4.50. The van der Waals surface area contributed by atoms with Gasteiger partial charge in [-0.25, -0.2) is 4.79 Å². The Bertz CT molecular complexity index is 209. The highest BCUT2D eigenvalue weighted by atomic mass is 31.0. The molecule has 1 heterocycles. The summed E-state index contributed by atoms with van der Waals surface area (Å²) in [5, 5.41) is 0. The van der Waals surface area contributed by atoms with E-state index in [1.807, 2.05) is 34.6 Å². The summed E-state index contributed by atoms with van der Waals surface area (Å²) in [5.74, 6) is 0.